The largest absolute Gasteiger partial charge is 0.444 e. The van der Waals surface area contributed by atoms with Gasteiger partial charge in [0.25, 0.3) is 0 Å². The highest BCUT2D eigenvalue weighted by Crippen LogP contribution is 2.19. The highest BCUT2D eigenvalue weighted by atomic mass is 127. The van der Waals surface area contributed by atoms with Crippen molar-refractivity contribution >= 4 is 36.0 Å². The molecular formula is C21H29IN6O2. The number of fused-ring (bicyclic) bond motifs is 1. The summed E-state index contributed by atoms with van der Waals surface area (Å²) in [5.41, 5.74) is 1.79. The van der Waals surface area contributed by atoms with Crippen LogP contribution < -0.4 is 5.32 Å². The Kier molecular flexibility index (Phi) is 6.89. The van der Waals surface area contributed by atoms with Crippen LogP contribution in [0.4, 0.5) is 4.79 Å². The first-order chi connectivity index (χ1) is 13.9. The first-order valence-electron chi connectivity index (χ1n) is 10.00. The van der Waals surface area contributed by atoms with Crippen molar-refractivity contribution in [1.29, 1.82) is 0 Å². The van der Waals surface area contributed by atoms with Crippen molar-refractivity contribution in [1.82, 2.24) is 24.7 Å². The number of carbonyl (C=O) groups excluding carboxylic acids is 1. The smallest absolute Gasteiger partial charge is 0.410 e. The number of benzene rings is 1. The fraction of sp³-hybridized carbons (Fsp3) is 0.476. The van der Waals surface area contributed by atoms with E-state index in [1.54, 1.807) is 17.4 Å². The molecule has 2 aliphatic rings. The number of para-hydroxylation sites is 1. The van der Waals surface area contributed by atoms with E-state index >= 15 is 0 Å². The predicted molar refractivity (Wildman–Crippen MR) is 126 cm³/mol. The third kappa shape index (κ3) is 5.05. The van der Waals surface area contributed by atoms with E-state index < -0.39 is 5.60 Å². The molecule has 9 heteroatoms. The normalized spacial score (nSPS) is 18.4. The predicted octanol–water partition coefficient (Wildman–Crippen LogP) is 2.87. The number of guanidine groups is 1. The lowest BCUT2D eigenvalue weighted by Gasteiger charge is -2.39. The molecule has 1 unspecified atom stereocenters. The van der Waals surface area contributed by atoms with Crippen molar-refractivity contribution in [3.63, 3.8) is 0 Å². The Hall–Kier alpha value is -2.30. The molecule has 0 saturated carbocycles. The number of nitrogens with one attached hydrogen (secondary N) is 1. The van der Waals surface area contributed by atoms with Crippen LogP contribution in [0.15, 0.2) is 48.0 Å². The minimum absolute atomic E-state index is 0. The van der Waals surface area contributed by atoms with Crippen molar-refractivity contribution < 1.29 is 9.53 Å². The third-order valence-electron chi connectivity index (χ3n) is 5.07. The van der Waals surface area contributed by atoms with Crippen LogP contribution in [-0.2, 0) is 11.3 Å². The molecular weight excluding hydrogens is 495 g/mol. The summed E-state index contributed by atoms with van der Waals surface area (Å²) < 4.78 is 7.52. The molecule has 8 nitrogen and oxygen atoms in total. The van der Waals surface area contributed by atoms with Gasteiger partial charge in [-0.1, -0.05) is 18.2 Å². The summed E-state index contributed by atoms with van der Waals surface area (Å²) in [5.74, 6) is 0.902. The van der Waals surface area contributed by atoms with Crippen LogP contribution in [0.3, 0.4) is 0 Å². The maximum Gasteiger partial charge on any atom is 0.410 e. The molecule has 1 N–H and O–H groups in total. The lowest BCUT2D eigenvalue weighted by Crippen LogP contribution is -2.57. The van der Waals surface area contributed by atoms with Gasteiger partial charge in [0.05, 0.1) is 24.6 Å². The average molecular weight is 524 g/mol. The van der Waals surface area contributed by atoms with Crippen molar-refractivity contribution in [2.45, 2.75) is 39.0 Å². The van der Waals surface area contributed by atoms with Gasteiger partial charge in [0.2, 0.25) is 0 Å². The molecule has 0 aliphatic carbocycles. The van der Waals surface area contributed by atoms with E-state index in [0.717, 1.165) is 18.2 Å². The van der Waals surface area contributed by atoms with Gasteiger partial charge in [0.15, 0.2) is 5.96 Å². The van der Waals surface area contributed by atoms with E-state index in [1.165, 1.54) is 5.56 Å². The number of piperazine rings is 1. The molecule has 2 aliphatic heterocycles. The number of hydrogen-bond donors (Lipinski definition) is 1. The molecule has 1 aromatic carbocycles. The number of aliphatic imine (C=N–C) groups is 1. The second-order valence-corrected chi connectivity index (χ2v) is 8.39. The molecule has 1 aromatic heterocycles. The molecule has 1 amide bonds. The molecule has 4 rings (SSSR count). The highest BCUT2D eigenvalue weighted by Gasteiger charge is 2.36. The Bertz CT molecular complexity index is 893. The molecule has 2 aromatic rings. The van der Waals surface area contributed by atoms with E-state index in [4.69, 9.17) is 4.74 Å². The summed E-state index contributed by atoms with van der Waals surface area (Å²) in [4.78, 5) is 25.3. The Balaban J connectivity index is 0.00000256. The lowest BCUT2D eigenvalue weighted by molar-refractivity contribution is 0.0137. The maximum atomic E-state index is 12.4. The first-order valence-corrected chi connectivity index (χ1v) is 10.00. The van der Waals surface area contributed by atoms with Gasteiger partial charge >= 0.3 is 6.09 Å². The Labute approximate surface area is 194 Å². The Morgan fingerprint density at radius 2 is 2.07 bits per heavy atom. The van der Waals surface area contributed by atoms with E-state index in [9.17, 15) is 4.79 Å². The van der Waals surface area contributed by atoms with Crippen molar-refractivity contribution in [3.05, 3.63) is 48.5 Å². The van der Waals surface area contributed by atoms with Crippen molar-refractivity contribution in [2.24, 2.45) is 4.99 Å². The third-order valence-corrected chi connectivity index (χ3v) is 5.07. The van der Waals surface area contributed by atoms with Gasteiger partial charge in [-0.15, -0.1) is 24.0 Å². The molecule has 1 fully saturated rings. The van der Waals surface area contributed by atoms with Crippen molar-refractivity contribution in [3.8, 4) is 5.69 Å². The molecule has 0 spiro atoms. The summed E-state index contributed by atoms with van der Waals surface area (Å²) in [6.07, 6.45) is 5.28. The van der Waals surface area contributed by atoms with Crippen LogP contribution >= 0.6 is 24.0 Å². The van der Waals surface area contributed by atoms with E-state index in [-0.39, 0.29) is 36.1 Å². The van der Waals surface area contributed by atoms with E-state index in [2.05, 4.69) is 32.3 Å². The monoisotopic (exact) mass is 524 g/mol. The summed E-state index contributed by atoms with van der Waals surface area (Å²) in [6.45, 7) is 9.05. The van der Waals surface area contributed by atoms with Crippen LogP contribution in [0.5, 0.6) is 0 Å². The first kappa shape index (κ1) is 22.4. The number of rotatable bonds is 3. The number of nitrogens with zero attached hydrogens (tertiary/aromatic N) is 5. The van der Waals surface area contributed by atoms with Crippen molar-refractivity contribution in [2.75, 3.05) is 26.2 Å². The average Bonchev–Trinajstić information content (AvgIpc) is 3.35. The molecule has 1 atom stereocenters. The summed E-state index contributed by atoms with van der Waals surface area (Å²) in [5, 5.41) is 3.49. The number of aromatic nitrogens is 2. The number of imidazole rings is 1. The van der Waals surface area contributed by atoms with Gasteiger partial charge in [-0.3, -0.25) is 4.99 Å². The van der Waals surface area contributed by atoms with Crippen LogP contribution in [0.2, 0.25) is 0 Å². The topological polar surface area (TPSA) is 75.0 Å². The summed E-state index contributed by atoms with van der Waals surface area (Å²) in [7, 11) is 0. The molecule has 162 valence electrons. The molecule has 0 radical (unpaired) electrons. The summed E-state index contributed by atoms with van der Waals surface area (Å²) in [6, 6.07) is 8.45. The second-order valence-electron chi connectivity index (χ2n) is 8.39. The maximum absolute atomic E-state index is 12.4. The minimum atomic E-state index is -0.476. The van der Waals surface area contributed by atoms with Gasteiger partial charge in [-0.2, -0.15) is 0 Å². The second kappa shape index (κ2) is 9.23. The zero-order valence-corrected chi connectivity index (χ0v) is 19.9. The molecule has 30 heavy (non-hydrogen) atoms. The Morgan fingerprint density at radius 3 is 2.80 bits per heavy atom. The highest BCUT2D eigenvalue weighted by molar-refractivity contribution is 14.0. The zero-order chi connectivity index (χ0) is 20.4. The van der Waals surface area contributed by atoms with E-state index in [1.807, 2.05) is 43.7 Å². The molecule has 3 heterocycles. The fourth-order valence-electron chi connectivity index (χ4n) is 3.71. The number of hydrogen-bond acceptors (Lipinski definition) is 6. The van der Waals surface area contributed by atoms with Gasteiger partial charge < -0.3 is 24.4 Å². The summed E-state index contributed by atoms with van der Waals surface area (Å²) >= 11 is 0. The number of amides is 1. The standard InChI is InChI=1S/C21H28N6O2.HI/c1-21(2,3)29-20(28)25-10-11-27-17(14-25)13-24-19(27)23-12-16-6-4-5-7-18(16)26-9-8-22-15-26;/h4-9,15,17H,10-14H2,1-3H3,(H,23,24);1H. The van der Waals surface area contributed by atoms with Crippen LogP contribution in [0.25, 0.3) is 5.69 Å². The van der Waals surface area contributed by atoms with Crippen LogP contribution in [-0.4, -0.2) is 69.2 Å². The van der Waals surface area contributed by atoms with Crippen LogP contribution in [0, 0.1) is 0 Å². The van der Waals surface area contributed by atoms with Gasteiger partial charge in [0.1, 0.15) is 5.60 Å². The van der Waals surface area contributed by atoms with E-state index in [0.29, 0.717) is 26.2 Å². The Morgan fingerprint density at radius 1 is 1.27 bits per heavy atom. The number of halogens is 1. The molecule has 0 bridgehead atoms. The van der Waals surface area contributed by atoms with Gasteiger partial charge in [-0.25, -0.2) is 9.78 Å². The SMILES string of the molecule is CC(C)(C)OC(=O)N1CCN2C(NCc3ccccc3-n3ccnc3)=NCC2C1.I. The number of carbonyl (C=O) groups is 1. The van der Waals surface area contributed by atoms with Gasteiger partial charge in [0, 0.05) is 38.6 Å². The minimum Gasteiger partial charge on any atom is -0.444 e. The fourth-order valence-corrected chi connectivity index (χ4v) is 3.71. The van der Waals surface area contributed by atoms with Gasteiger partial charge in [-0.05, 0) is 32.4 Å². The van der Waals surface area contributed by atoms with Crippen LogP contribution in [0.1, 0.15) is 26.3 Å². The number of ether oxygens (including phenoxy) is 1. The molecule has 1 saturated heterocycles. The zero-order valence-electron chi connectivity index (χ0n) is 17.6. The lowest BCUT2D eigenvalue weighted by atomic mass is 10.1. The quantitative estimate of drug-likeness (QED) is 0.626.